The fourth-order valence-electron chi connectivity index (χ4n) is 3.93. The van der Waals surface area contributed by atoms with Crippen molar-refractivity contribution in [1.29, 1.82) is 0 Å². The van der Waals surface area contributed by atoms with Crippen LogP contribution in [-0.2, 0) is 13.2 Å². The van der Waals surface area contributed by atoms with Crippen LogP contribution in [0.4, 0.5) is 10.1 Å². The molecule has 0 aliphatic heterocycles. The molecule has 1 N–H and O–H groups in total. The predicted octanol–water partition coefficient (Wildman–Crippen LogP) is 6.79. The number of aromatic nitrogens is 2. The summed E-state index contributed by atoms with van der Waals surface area (Å²) in [6.07, 6.45) is 0. The molecule has 0 fully saturated rings. The van der Waals surface area contributed by atoms with Crippen molar-refractivity contribution in [2.24, 2.45) is 0 Å². The molecule has 3 aromatic carbocycles. The van der Waals surface area contributed by atoms with E-state index in [9.17, 15) is 9.18 Å². The first kappa shape index (κ1) is 24.5. The van der Waals surface area contributed by atoms with E-state index in [2.05, 4.69) is 10.4 Å². The van der Waals surface area contributed by atoms with Gasteiger partial charge in [-0.05, 0) is 86.3 Å². The maximum atomic E-state index is 13.5. The second-order valence-corrected chi connectivity index (χ2v) is 9.02. The zero-order valence-electron chi connectivity index (χ0n) is 20.2. The van der Waals surface area contributed by atoms with E-state index < -0.39 is 0 Å². The van der Waals surface area contributed by atoms with Crippen LogP contribution in [0.15, 0.2) is 60.7 Å². The lowest BCUT2D eigenvalue weighted by molar-refractivity contribution is 0.102. The summed E-state index contributed by atoms with van der Waals surface area (Å²) in [7, 11) is 0. The third-order valence-electron chi connectivity index (χ3n) is 5.87. The summed E-state index contributed by atoms with van der Waals surface area (Å²) in [5.41, 5.74) is 6.38. The lowest BCUT2D eigenvalue weighted by Crippen LogP contribution is -2.13. The summed E-state index contributed by atoms with van der Waals surface area (Å²) >= 11 is 6.22. The van der Waals surface area contributed by atoms with Gasteiger partial charge in [0.15, 0.2) is 0 Å². The molecule has 5 nitrogen and oxygen atoms in total. The van der Waals surface area contributed by atoms with Crippen molar-refractivity contribution in [3.05, 3.63) is 111 Å². The third kappa shape index (κ3) is 5.72. The van der Waals surface area contributed by atoms with Gasteiger partial charge in [-0.25, -0.2) is 4.39 Å². The van der Waals surface area contributed by atoms with Crippen LogP contribution in [0.2, 0.25) is 5.02 Å². The molecule has 0 aliphatic rings. The lowest BCUT2D eigenvalue weighted by atomic mass is 10.1. The molecule has 0 unspecified atom stereocenters. The molecule has 0 saturated carbocycles. The number of hydrogen-bond donors (Lipinski definition) is 1. The standard InChI is InChI=1S/C28H27ClFN3O2/c1-17-12-25(13-18(2)26(17)29)35-16-21-8-10-23(11-9-21)28(34)31-27-19(3)32-33(20(27)4)15-22-6-5-7-24(30)14-22/h5-14H,15-16H2,1-4H3,(H,31,34). The highest BCUT2D eigenvalue weighted by Gasteiger charge is 2.16. The van der Waals surface area contributed by atoms with Gasteiger partial charge in [-0.3, -0.25) is 9.48 Å². The molecule has 1 aromatic heterocycles. The van der Waals surface area contributed by atoms with E-state index in [0.29, 0.717) is 30.1 Å². The first-order chi connectivity index (χ1) is 16.7. The molecular formula is C28H27ClFN3O2. The number of amides is 1. The van der Waals surface area contributed by atoms with Crippen molar-refractivity contribution in [3.63, 3.8) is 0 Å². The van der Waals surface area contributed by atoms with Crippen molar-refractivity contribution < 1.29 is 13.9 Å². The highest BCUT2D eigenvalue weighted by Crippen LogP contribution is 2.26. The Morgan fingerprint density at radius 1 is 1.00 bits per heavy atom. The molecule has 4 rings (SSSR count). The zero-order chi connectivity index (χ0) is 25.1. The normalized spacial score (nSPS) is 10.9. The molecule has 0 spiro atoms. The Morgan fingerprint density at radius 2 is 1.69 bits per heavy atom. The number of hydrogen-bond acceptors (Lipinski definition) is 3. The molecule has 0 aliphatic carbocycles. The molecule has 1 heterocycles. The molecule has 7 heteroatoms. The van der Waals surface area contributed by atoms with Crippen molar-refractivity contribution in [3.8, 4) is 5.75 Å². The largest absolute Gasteiger partial charge is 0.489 e. The van der Waals surface area contributed by atoms with E-state index in [1.54, 1.807) is 22.9 Å². The Morgan fingerprint density at radius 3 is 2.34 bits per heavy atom. The predicted molar refractivity (Wildman–Crippen MR) is 137 cm³/mol. The topological polar surface area (TPSA) is 56.1 Å². The van der Waals surface area contributed by atoms with Gasteiger partial charge in [0.1, 0.15) is 18.2 Å². The Balaban J connectivity index is 1.41. The van der Waals surface area contributed by atoms with Crippen LogP contribution in [0, 0.1) is 33.5 Å². The van der Waals surface area contributed by atoms with Crippen LogP contribution in [0.25, 0.3) is 0 Å². The molecule has 0 saturated heterocycles. The highest BCUT2D eigenvalue weighted by atomic mass is 35.5. The lowest BCUT2D eigenvalue weighted by Gasteiger charge is -2.11. The van der Waals surface area contributed by atoms with Gasteiger partial charge in [0.05, 0.1) is 23.6 Å². The van der Waals surface area contributed by atoms with Crippen molar-refractivity contribution in [2.75, 3.05) is 5.32 Å². The van der Waals surface area contributed by atoms with Gasteiger partial charge >= 0.3 is 0 Å². The van der Waals surface area contributed by atoms with Crippen molar-refractivity contribution in [2.45, 2.75) is 40.8 Å². The first-order valence-corrected chi connectivity index (χ1v) is 11.7. The third-order valence-corrected chi connectivity index (χ3v) is 6.47. The van der Waals surface area contributed by atoms with E-state index >= 15 is 0 Å². The number of carbonyl (C=O) groups is 1. The molecular weight excluding hydrogens is 465 g/mol. The van der Waals surface area contributed by atoms with E-state index in [0.717, 1.165) is 38.7 Å². The minimum Gasteiger partial charge on any atom is -0.489 e. The number of nitrogens with one attached hydrogen (secondary N) is 1. The van der Waals surface area contributed by atoms with E-state index in [1.165, 1.54) is 12.1 Å². The van der Waals surface area contributed by atoms with E-state index in [4.69, 9.17) is 16.3 Å². The zero-order valence-corrected chi connectivity index (χ0v) is 20.9. The van der Waals surface area contributed by atoms with Gasteiger partial charge in [0.2, 0.25) is 0 Å². The second kappa shape index (κ2) is 10.3. The average Bonchev–Trinajstić information content (AvgIpc) is 3.08. The molecule has 0 atom stereocenters. The number of carbonyl (C=O) groups excluding carboxylic acids is 1. The van der Waals surface area contributed by atoms with Gasteiger partial charge in [-0.1, -0.05) is 35.9 Å². The summed E-state index contributed by atoms with van der Waals surface area (Å²) in [5.74, 6) is 0.246. The summed E-state index contributed by atoms with van der Waals surface area (Å²) in [6, 6.07) is 17.5. The minimum atomic E-state index is -0.287. The summed E-state index contributed by atoms with van der Waals surface area (Å²) < 4.78 is 21.2. The number of anilines is 1. The van der Waals surface area contributed by atoms with Crippen LogP contribution in [-0.4, -0.2) is 15.7 Å². The molecule has 0 bridgehead atoms. The number of rotatable bonds is 7. The van der Waals surface area contributed by atoms with Crippen LogP contribution >= 0.6 is 11.6 Å². The van der Waals surface area contributed by atoms with Gasteiger partial charge in [0.25, 0.3) is 5.91 Å². The number of benzene rings is 3. The molecule has 180 valence electrons. The van der Waals surface area contributed by atoms with Crippen LogP contribution in [0.5, 0.6) is 5.75 Å². The Kier molecular flexibility index (Phi) is 7.22. The van der Waals surface area contributed by atoms with Crippen LogP contribution < -0.4 is 10.1 Å². The smallest absolute Gasteiger partial charge is 0.255 e. The van der Waals surface area contributed by atoms with Gasteiger partial charge in [-0.15, -0.1) is 0 Å². The summed E-state index contributed by atoms with van der Waals surface area (Å²) in [6.45, 7) is 8.42. The molecule has 35 heavy (non-hydrogen) atoms. The quantitative estimate of drug-likeness (QED) is 0.309. The fourth-order valence-corrected chi connectivity index (χ4v) is 4.04. The highest BCUT2D eigenvalue weighted by molar-refractivity contribution is 6.32. The number of halogens is 2. The SMILES string of the molecule is Cc1cc(OCc2ccc(C(=O)Nc3c(C)nn(Cc4cccc(F)c4)c3C)cc2)cc(C)c1Cl. The van der Waals surface area contributed by atoms with E-state index in [1.807, 2.05) is 58.0 Å². The number of nitrogens with zero attached hydrogens (tertiary/aromatic N) is 2. The summed E-state index contributed by atoms with van der Waals surface area (Å²) in [5, 5.41) is 8.24. The van der Waals surface area contributed by atoms with Gasteiger partial charge in [0, 0.05) is 10.6 Å². The fraction of sp³-hybridized carbons (Fsp3) is 0.214. The van der Waals surface area contributed by atoms with Gasteiger partial charge < -0.3 is 10.1 Å². The molecule has 4 aromatic rings. The van der Waals surface area contributed by atoms with Crippen LogP contribution in [0.1, 0.15) is 44.0 Å². The molecule has 0 radical (unpaired) electrons. The Bertz CT molecular complexity index is 1360. The number of aryl methyl sites for hydroxylation is 3. The Labute approximate surface area is 209 Å². The number of ether oxygens (including phenoxy) is 1. The average molecular weight is 492 g/mol. The van der Waals surface area contributed by atoms with Gasteiger partial charge in [-0.2, -0.15) is 5.10 Å². The maximum Gasteiger partial charge on any atom is 0.255 e. The minimum absolute atomic E-state index is 0.224. The maximum absolute atomic E-state index is 13.5. The van der Waals surface area contributed by atoms with E-state index in [-0.39, 0.29) is 11.7 Å². The van der Waals surface area contributed by atoms with Crippen LogP contribution in [0.3, 0.4) is 0 Å². The monoisotopic (exact) mass is 491 g/mol. The van der Waals surface area contributed by atoms with Crippen molar-refractivity contribution in [1.82, 2.24) is 9.78 Å². The summed E-state index contributed by atoms with van der Waals surface area (Å²) in [4.78, 5) is 12.9. The van der Waals surface area contributed by atoms with Crippen molar-refractivity contribution >= 4 is 23.2 Å². The molecule has 1 amide bonds. The Hall–Kier alpha value is -3.64. The second-order valence-electron chi connectivity index (χ2n) is 8.64. The first-order valence-electron chi connectivity index (χ1n) is 11.3.